The molecule has 0 aliphatic carbocycles. The molecule has 1 aromatic rings. The molecule has 2 atom stereocenters. The SMILES string of the molecule is CC1CCCC(CN)N1c1ncc(Cl)cc1[N+](=O)[O-]. The van der Waals surface area contributed by atoms with Crippen molar-refractivity contribution in [2.45, 2.75) is 38.3 Å². The number of halogens is 1. The topological polar surface area (TPSA) is 85.3 Å². The van der Waals surface area contributed by atoms with Gasteiger partial charge in [-0.25, -0.2) is 4.98 Å². The van der Waals surface area contributed by atoms with Crippen LogP contribution in [-0.2, 0) is 0 Å². The van der Waals surface area contributed by atoms with E-state index in [4.69, 9.17) is 17.3 Å². The summed E-state index contributed by atoms with van der Waals surface area (Å²) >= 11 is 5.80. The molecule has 1 aromatic heterocycles. The minimum absolute atomic E-state index is 0.0558. The molecule has 6 nitrogen and oxygen atoms in total. The Morgan fingerprint density at radius 1 is 1.63 bits per heavy atom. The minimum Gasteiger partial charge on any atom is -0.344 e. The lowest BCUT2D eigenvalue weighted by atomic mass is 9.96. The first-order chi connectivity index (χ1) is 9.04. The molecular weight excluding hydrogens is 268 g/mol. The van der Waals surface area contributed by atoms with Crippen molar-refractivity contribution in [2.24, 2.45) is 5.73 Å². The van der Waals surface area contributed by atoms with E-state index in [-0.39, 0.29) is 22.8 Å². The van der Waals surface area contributed by atoms with E-state index < -0.39 is 4.92 Å². The van der Waals surface area contributed by atoms with Crippen LogP contribution < -0.4 is 10.6 Å². The molecular formula is C12H17ClN4O2. The van der Waals surface area contributed by atoms with Gasteiger partial charge in [0, 0.05) is 30.9 Å². The molecule has 0 aromatic carbocycles. The van der Waals surface area contributed by atoms with Gasteiger partial charge in [0.05, 0.1) is 9.95 Å². The highest BCUT2D eigenvalue weighted by Crippen LogP contribution is 2.34. The van der Waals surface area contributed by atoms with Gasteiger partial charge in [-0.3, -0.25) is 10.1 Å². The van der Waals surface area contributed by atoms with Crippen LogP contribution in [0.3, 0.4) is 0 Å². The van der Waals surface area contributed by atoms with E-state index >= 15 is 0 Å². The van der Waals surface area contributed by atoms with Crippen molar-refractivity contribution >= 4 is 23.1 Å². The smallest absolute Gasteiger partial charge is 0.313 e. The third-order valence-corrected chi connectivity index (χ3v) is 3.76. The number of aromatic nitrogens is 1. The lowest BCUT2D eigenvalue weighted by molar-refractivity contribution is -0.384. The van der Waals surface area contributed by atoms with Gasteiger partial charge in [-0.05, 0) is 26.2 Å². The summed E-state index contributed by atoms with van der Waals surface area (Å²) in [6, 6.07) is 1.63. The van der Waals surface area contributed by atoms with Crippen LogP contribution in [0, 0.1) is 10.1 Å². The summed E-state index contributed by atoms with van der Waals surface area (Å²) in [6.07, 6.45) is 4.44. The second-order valence-corrected chi connectivity index (χ2v) is 5.27. The maximum absolute atomic E-state index is 11.2. The Bertz CT molecular complexity index is 483. The van der Waals surface area contributed by atoms with Gasteiger partial charge >= 0.3 is 5.69 Å². The predicted octanol–water partition coefficient (Wildman–Crippen LogP) is 2.35. The Kier molecular flexibility index (Phi) is 4.21. The molecule has 1 saturated heterocycles. The van der Waals surface area contributed by atoms with Crippen LogP contribution in [0.4, 0.5) is 11.5 Å². The summed E-state index contributed by atoms with van der Waals surface area (Å²) in [5.74, 6) is 0.372. The summed E-state index contributed by atoms with van der Waals surface area (Å²) in [7, 11) is 0. The maximum Gasteiger partial charge on any atom is 0.313 e. The minimum atomic E-state index is -0.441. The molecule has 104 valence electrons. The lowest BCUT2D eigenvalue weighted by Gasteiger charge is -2.40. The van der Waals surface area contributed by atoms with Crippen LogP contribution in [0.25, 0.3) is 0 Å². The van der Waals surface area contributed by atoms with Gasteiger partial charge < -0.3 is 10.6 Å². The van der Waals surface area contributed by atoms with Crippen molar-refractivity contribution in [3.05, 3.63) is 27.4 Å². The maximum atomic E-state index is 11.2. The first-order valence-corrected chi connectivity index (χ1v) is 6.70. The van der Waals surface area contributed by atoms with Crippen LogP contribution in [0.1, 0.15) is 26.2 Å². The highest BCUT2D eigenvalue weighted by atomic mass is 35.5. The monoisotopic (exact) mass is 284 g/mol. The Balaban J connectivity index is 2.46. The number of nitro groups is 1. The molecule has 2 unspecified atom stereocenters. The number of pyridine rings is 1. The Labute approximate surface area is 116 Å². The van der Waals surface area contributed by atoms with Crippen LogP contribution in [0.5, 0.6) is 0 Å². The van der Waals surface area contributed by atoms with Crippen LogP contribution >= 0.6 is 11.6 Å². The van der Waals surface area contributed by atoms with E-state index in [1.807, 2.05) is 11.8 Å². The highest BCUT2D eigenvalue weighted by Gasteiger charge is 2.32. The first-order valence-electron chi connectivity index (χ1n) is 6.33. The Morgan fingerprint density at radius 2 is 2.37 bits per heavy atom. The Hall–Kier alpha value is -1.40. The molecule has 7 heteroatoms. The van der Waals surface area contributed by atoms with Gasteiger partial charge in [0.15, 0.2) is 0 Å². The van der Waals surface area contributed by atoms with Crippen LogP contribution in [-0.4, -0.2) is 28.5 Å². The molecule has 0 bridgehead atoms. The highest BCUT2D eigenvalue weighted by molar-refractivity contribution is 6.30. The van der Waals surface area contributed by atoms with Crippen molar-refractivity contribution in [3.8, 4) is 0 Å². The number of nitrogens with two attached hydrogens (primary N) is 1. The summed E-state index contributed by atoms with van der Waals surface area (Å²) in [4.78, 5) is 16.9. The summed E-state index contributed by atoms with van der Waals surface area (Å²) in [6.45, 7) is 2.51. The second kappa shape index (κ2) is 5.71. The number of nitrogens with zero attached hydrogens (tertiary/aromatic N) is 3. The number of hydrogen-bond donors (Lipinski definition) is 1. The fourth-order valence-corrected chi connectivity index (χ4v) is 2.81. The molecule has 1 fully saturated rings. The van der Waals surface area contributed by atoms with Crippen molar-refractivity contribution < 1.29 is 4.92 Å². The summed E-state index contributed by atoms with van der Waals surface area (Å²) in [5.41, 5.74) is 5.73. The number of hydrogen-bond acceptors (Lipinski definition) is 5. The molecule has 2 N–H and O–H groups in total. The van der Waals surface area contributed by atoms with Crippen LogP contribution in [0.15, 0.2) is 12.3 Å². The molecule has 2 heterocycles. The van der Waals surface area contributed by atoms with Crippen molar-refractivity contribution in [2.75, 3.05) is 11.4 Å². The average Bonchev–Trinajstić information content (AvgIpc) is 2.38. The van der Waals surface area contributed by atoms with Gasteiger partial charge in [-0.2, -0.15) is 0 Å². The zero-order valence-electron chi connectivity index (χ0n) is 10.8. The number of anilines is 1. The molecule has 0 spiro atoms. The molecule has 0 saturated carbocycles. The third-order valence-electron chi connectivity index (χ3n) is 3.55. The zero-order chi connectivity index (χ0) is 14.0. The lowest BCUT2D eigenvalue weighted by Crippen LogP contribution is -2.49. The van der Waals surface area contributed by atoms with E-state index in [1.54, 1.807) is 0 Å². The van der Waals surface area contributed by atoms with Gasteiger partial charge in [0.25, 0.3) is 0 Å². The fourth-order valence-electron chi connectivity index (χ4n) is 2.65. The standard InChI is InChI=1S/C12H17ClN4O2/c1-8-3-2-4-10(6-14)16(8)12-11(17(18)19)5-9(13)7-15-12/h5,7-8,10H,2-4,6,14H2,1H3. The summed E-state index contributed by atoms with van der Waals surface area (Å²) in [5, 5.41) is 11.4. The molecule has 2 rings (SSSR count). The largest absolute Gasteiger partial charge is 0.344 e. The van der Waals surface area contributed by atoms with Crippen molar-refractivity contribution in [1.82, 2.24) is 4.98 Å². The number of piperidine rings is 1. The van der Waals surface area contributed by atoms with Gasteiger partial charge in [-0.15, -0.1) is 0 Å². The molecule has 19 heavy (non-hydrogen) atoms. The molecule has 1 aliphatic heterocycles. The van der Waals surface area contributed by atoms with E-state index in [9.17, 15) is 10.1 Å². The normalized spacial score (nSPS) is 23.4. The molecule has 0 radical (unpaired) electrons. The van der Waals surface area contributed by atoms with E-state index in [0.29, 0.717) is 12.4 Å². The van der Waals surface area contributed by atoms with Crippen molar-refractivity contribution in [3.63, 3.8) is 0 Å². The van der Waals surface area contributed by atoms with Gasteiger partial charge in [-0.1, -0.05) is 11.6 Å². The molecule has 0 amide bonds. The average molecular weight is 285 g/mol. The fraction of sp³-hybridized carbons (Fsp3) is 0.583. The van der Waals surface area contributed by atoms with Gasteiger partial charge in [0.1, 0.15) is 0 Å². The van der Waals surface area contributed by atoms with E-state index in [1.165, 1.54) is 12.3 Å². The quantitative estimate of drug-likeness (QED) is 0.680. The van der Waals surface area contributed by atoms with Crippen molar-refractivity contribution in [1.29, 1.82) is 0 Å². The van der Waals surface area contributed by atoms with E-state index in [0.717, 1.165) is 19.3 Å². The van der Waals surface area contributed by atoms with Crippen LogP contribution in [0.2, 0.25) is 5.02 Å². The summed E-state index contributed by atoms with van der Waals surface area (Å²) < 4.78 is 0. The van der Waals surface area contributed by atoms with Gasteiger partial charge in [0.2, 0.25) is 5.82 Å². The Morgan fingerprint density at radius 3 is 3.00 bits per heavy atom. The molecule has 1 aliphatic rings. The second-order valence-electron chi connectivity index (χ2n) is 4.83. The predicted molar refractivity (Wildman–Crippen MR) is 74.5 cm³/mol. The number of rotatable bonds is 3. The zero-order valence-corrected chi connectivity index (χ0v) is 11.5. The first kappa shape index (κ1) is 14.0. The van der Waals surface area contributed by atoms with E-state index in [2.05, 4.69) is 4.98 Å². The third kappa shape index (κ3) is 2.79.